The van der Waals surface area contributed by atoms with Crippen LogP contribution in [0.3, 0.4) is 0 Å². The van der Waals surface area contributed by atoms with E-state index < -0.39 is 0 Å². The molecule has 0 amide bonds. The van der Waals surface area contributed by atoms with Crippen molar-refractivity contribution in [3.05, 3.63) is 34.9 Å². The van der Waals surface area contributed by atoms with E-state index in [2.05, 4.69) is 12.2 Å². The van der Waals surface area contributed by atoms with Gasteiger partial charge in [0.15, 0.2) is 0 Å². The third kappa shape index (κ3) is 2.76. The molecule has 88 valence electrons. The molecule has 0 bridgehead atoms. The van der Waals surface area contributed by atoms with Crippen molar-refractivity contribution in [3.63, 3.8) is 0 Å². The Hall–Kier alpha value is -0.570. The van der Waals surface area contributed by atoms with E-state index >= 15 is 0 Å². The molecule has 0 radical (unpaired) electrons. The fourth-order valence-electron chi connectivity index (χ4n) is 1.81. The first-order chi connectivity index (χ1) is 7.65. The molecule has 0 aliphatic heterocycles. The van der Waals surface area contributed by atoms with Gasteiger partial charge in [-0.15, -0.1) is 0 Å². The molecule has 2 N–H and O–H groups in total. The molecule has 1 unspecified atom stereocenters. The minimum absolute atomic E-state index is 0.167. The summed E-state index contributed by atoms with van der Waals surface area (Å²) in [6, 6.07) is 8.21. The minimum Gasteiger partial charge on any atom is -0.396 e. The van der Waals surface area contributed by atoms with Gasteiger partial charge in [0.2, 0.25) is 0 Å². The van der Waals surface area contributed by atoms with Gasteiger partial charge in [-0.3, -0.25) is 0 Å². The van der Waals surface area contributed by atoms with Crippen LogP contribution in [0.5, 0.6) is 0 Å². The predicted molar refractivity (Wildman–Crippen MR) is 66.6 cm³/mol. The van der Waals surface area contributed by atoms with Crippen LogP contribution < -0.4 is 5.32 Å². The van der Waals surface area contributed by atoms with E-state index in [9.17, 15) is 5.11 Å². The van der Waals surface area contributed by atoms with Gasteiger partial charge in [0.05, 0.1) is 0 Å². The number of hydrogen-bond acceptors (Lipinski definition) is 2. The summed E-state index contributed by atoms with van der Waals surface area (Å²) in [5, 5.41) is 13.5. The van der Waals surface area contributed by atoms with Crippen LogP contribution in [-0.2, 0) is 0 Å². The lowest BCUT2D eigenvalue weighted by atomic mass is 10.1. The van der Waals surface area contributed by atoms with Gasteiger partial charge >= 0.3 is 0 Å². The molecule has 1 aromatic carbocycles. The van der Waals surface area contributed by atoms with Crippen LogP contribution in [0.15, 0.2) is 24.3 Å². The maximum atomic E-state index is 9.22. The van der Waals surface area contributed by atoms with Gasteiger partial charge in [-0.1, -0.05) is 23.7 Å². The first-order valence-corrected chi connectivity index (χ1v) is 6.13. The summed E-state index contributed by atoms with van der Waals surface area (Å²) >= 11 is 5.84. The van der Waals surface area contributed by atoms with Gasteiger partial charge < -0.3 is 10.4 Å². The third-order valence-electron chi connectivity index (χ3n) is 3.45. The molecule has 1 aliphatic carbocycles. The van der Waals surface area contributed by atoms with Gasteiger partial charge in [-0.05, 0) is 37.5 Å². The second kappa shape index (κ2) is 4.74. The normalized spacial score (nSPS) is 19.4. The van der Waals surface area contributed by atoms with E-state index in [0.717, 1.165) is 24.4 Å². The Labute approximate surface area is 102 Å². The summed E-state index contributed by atoms with van der Waals surface area (Å²) in [5.41, 5.74) is 1.40. The molecule has 1 atom stereocenters. The Kier molecular flexibility index (Phi) is 3.53. The molecular formula is C13H18ClNO. The number of hydrogen-bond donors (Lipinski definition) is 2. The number of benzene rings is 1. The number of aliphatic hydroxyl groups excluding tert-OH is 1. The van der Waals surface area contributed by atoms with Crippen molar-refractivity contribution in [1.82, 2.24) is 5.32 Å². The van der Waals surface area contributed by atoms with Gasteiger partial charge in [-0.25, -0.2) is 0 Å². The smallest absolute Gasteiger partial charge is 0.0499 e. The van der Waals surface area contributed by atoms with Crippen molar-refractivity contribution >= 4 is 11.6 Å². The lowest BCUT2D eigenvalue weighted by molar-refractivity contribution is 0.204. The Bertz CT molecular complexity index is 345. The maximum Gasteiger partial charge on any atom is 0.0499 e. The van der Waals surface area contributed by atoms with E-state index in [1.165, 1.54) is 5.56 Å². The number of halogens is 1. The molecule has 1 fully saturated rings. The number of nitrogens with one attached hydrogen (secondary N) is 1. The molecule has 2 rings (SSSR count). The average Bonchev–Trinajstić information content (AvgIpc) is 3.08. The molecule has 3 heteroatoms. The van der Waals surface area contributed by atoms with Crippen LogP contribution in [0.4, 0.5) is 0 Å². The standard InChI is InChI=1S/C13H18ClNO/c1-10(11-2-4-12(14)5-3-11)15-8-13(9-16)6-7-13/h2-5,10,15-16H,6-9H2,1H3. The Morgan fingerprint density at radius 3 is 2.50 bits per heavy atom. The number of aliphatic hydroxyl groups is 1. The first-order valence-electron chi connectivity index (χ1n) is 5.75. The molecule has 0 saturated heterocycles. The third-order valence-corrected chi connectivity index (χ3v) is 3.70. The second-order valence-corrected chi connectivity index (χ2v) is 5.25. The molecule has 1 saturated carbocycles. The molecule has 16 heavy (non-hydrogen) atoms. The highest BCUT2D eigenvalue weighted by Gasteiger charge is 2.41. The largest absolute Gasteiger partial charge is 0.396 e. The highest BCUT2D eigenvalue weighted by molar-refractivity contribution is 6.30. The van der Waals surface area contributed by atoms with Gasteiger partial charge in [0, 0.05) is 29.6 Å². The van der Waals surface area contributed by atoms with Gasteiger partial charge in [0.25, 0.3) is 0 Å². The Morgan fingerprint density at radius 2 is 2.00 bits per heavy atom. The van der Waals surface area contributed by atoms with Crippen molar-refractivity contribution in [1.29, 1.82) is 0 Å². The lowest BCUT2D eigenvalue weighted by Gasteiger charge is -2.18. The highest BCUT2D eigenvalue weighted by atomic mass is 35.5. The first kappa shape index (κ1) is 11.9. The van der Waals surface area contributed by atoms with Crippen LogP contribution in [0, 0.1) is 5.41 Å². The zero-order valence-electron chi connectivity index (χ0n) is 9.54. The van der Waals surface area contributed by atoms with Crippen molar-refractivity contribution in [3.8, 4) is 0 Å². The lowest BCUT2D eigenvalue weighted by Crippen LogP contribution is -2.28. The summed E-state index contributed by atoms with van der Waals surface area (Å²) in [7, 11) is 0. The van der Waals surface area contributed by atoms with Crippen LogP contribution >= 0.6 is 11.6 Å². The fourth-order valence-corrected chi connectivity index (χ4v) is 1.93. The van der Waals surface area contributed by atoms with E-state index in [1.54, 1.807) is 0 Å². The predicted octanol–water partition coefficient (Wildman–Crippen LogP) is 2.76. The summed E-state index contributed by atoms with van der Waals surface area (Å²) in [5.74, 6) is 0. The van der Waals surface area contributed by atoms with E-state index in [1.807, 2.05) is 24.3 Å². The summed E-state index contributed by atoms with van der Waals surface area (Å²) in [4.78, 5) is 0. The van der Waals surface area contributed by atoms with Crippen molar-refractivity contribution in [2.45, 2.75) is 25.8 Å². The van der Waals surface area contributed by atoms with E-state index in [-0.39, 0.29) is 5.41 Å². The summed E-state index contributed by atoms with van der Waals surface area (Å²) < 4.78 is 0. The van der Waals surface area contributed by atoms with Crippen molar-refractivity contribution < 1.29 is 5.11 Å². The Morgan fingerprint density at radius 1 is 1.38 bits per heavy atom. The second-order valence-electron chi connectivity index (χ2n) is 4.81. The van der Waals surface area contributed by atoms with Crippen molar-refractivity contribution in [2.24, 2.45) is 5.41 Å². The molecule has 0 heterocycles. The molecule has 0 aromatic heterocycles. The fraction of sp³-hybridized carbons (Fsp3) is 0.538. The molecule has 1 aromatic rings. The van der Waals surface area contributed by atoms with Crippen LogP contribution in [0.1, 0.15) is 31.4 Å². The maximum absolute atomic E-state index is 9.22. The monoisotopic (exact) mass is 239 g/mol. The zero-order chi connectivity index (χ0) is 11.6. The van der Waals surface area contributed by atoms with E-state index in [0.29, 0.717) is 12.6 Å². The topological polar surface area (TPSA) is 32.3 Å². The Balaban J connectivity index is 1.88. The van der Waals surface area contributed by atoms with Crippen LogP contribution in [0.25, 0.3) is 0 Å². The van der Waals surface area contributed by atoms with Crippen LogP contribution in [0.2, 0.25) is 5.02 Å². The molecule has 1 aliphatic rings. The number of rotatable bonds is 5. The van der Waals surface area contributed by atoms with Gasteiger partial charge in [0.1, 0.15) is 0 Å². The van der Waals surface area contributed by atoms with Crippen LogP contribution in [-0.4, -0.2) is 18.3 Å². The molecule has 0 spiro atoms. The quantitative estimate of drug-likeness (QED) is 0.828. The van der Waals surface area contributed by atoms with Crippen molar-refractivity contribution in [2.75, 3.05) is 13.2 Å². The van der Waals surface area contributed by atoms with E-state index in [4.69, 9.17) is 11.6 Å². The zero-order valence-corrected chi connectivity index (χ0v) is 10.3. The highest BCUT2D eigenvalue weighted by Crippen LogP contribution is 2.44. The molecular weight excluding hydrogens is 222 g/mol. The molecule has 2 nitrogen and oxygen atoms in total. The average molecular weight is 240 g/mol. The summed E-state index contributed by atoms with van der Waals surface area (Å²) in [6.45, 7) is 3.33. The SMILES string of the molecule is CC(NCC1(CO)CC1)c1ccc(Cl)cc1. The minimum atomic E-state index is 0.167. The van der Waals surface area contributed by atoms with Gasteiger partial charge in [-0.2, -0.15) is 0 Å². The summed E-state index contributed by atoms with van der Waals surface area (Å²) in [6.07, 6.45) is 2.29.